The van der Waals surface area contributed by atoms with Crippen molar-refractivity contribution >= 4 is 28.1 Å². The fourth-order valence-electron chi connectivity index (χ4n) is 5.21. The van der Waals surface area contributed by atoms with Crippen molar-refractivity contribution in [1.29, 1.82) is 0 Å². The summed E-state index contributed by atoms with van der Waals surface area (Å²) in [6, 6.07) is 31.7. The number of para-hydroxylation sites is 2. The van der Waals surface area contributed by atoms with E-state index in [9.17, 15) is 4.79 Å². The number of rotatable bonds is 8. The van der Waals surface area contributed by atoms with E-state index in [-0.39, 0.29) is 18.5 Å². The summed E-state index contributed by atoms with van der Waals surface area (Å²) >= 11 is 0. The molecule has 0 radical (unpaired) electrons. The number of hydrogen-bond acceptors (Lipinski definition) is 4. The maximum atomic E-state index is 11.6. The molecule has 184 valence electrons. The van der Waals surface area contributed by atoms with Gasteiger partial charge in [0.2, 0.25) is 0 Å². The molecule has 4 heteroatoms. The van der Waals surface area contributed by atoms with Crippen LogP contribution in [-0.2, 0) is 16.0 Å². The highest BCUT2D eigenvalue weighted by Gasteiger charge is 2.26. The molecule has 0 aromatic heterocycles. The van der Waals surface area contributed by atoms with E-state index < -0.39 is 0 Å². The summed E-state index contributed by atoms with van der Waals surface area (Å²) in [7, 11) is 1.42. The molecule has 1 heterocycles. The highest BCUT2D eigenvalue weighted by Crippen LogP contribution is 2.39. The van der Waals surface area contributed by atoms with E-state index in [0.717, 1.165) is 48.5 Å². The van der Waals surface area contributed by atoms with Crippen molar-refractivity contribution < 1.29 is 14.3 Å². The Kier molecular flexibility index (Phi) is 7.22. The van der Waals surface area contributed by atoms with Gasteiger partial charge in [-0.15, -0.1) is 0 Å². The minimum absolute atomic E-state index is 0.120. The Bertz CT molecular complexity index is 1330. The molecule has 0 fully saturated rings. The molecule has 5 rings (SSSR count). The van der Waals surface area contributed by atoms with E-state index in [1.807, 2.05) is 24.3 Å². The predicted molar refractivity (Wildman–Crippen MR) is 146 cm³/mol. The van der Waals surface area contributed by atoms with E-state index >= 15 is 0 Å². The zero-order chi connectivity index (χ0) is 24.9. The summed E-state index contributed by atoms with van der Waals surface area (Å²) in [4.78, 5) is 14.0. The SMILES string of the molecule is COC(=O)Cc1ccc(N2CC(CCC[C@H](C)c3cccc4ccccc34)Oc3ccccc32)cc1. The van der Waals surface area contributed by atoms with Gasteiger partial charge in [-0.1, -0.05) is 73.7 Å². The summed E-state index contributed by atoms with van der Waals surface area (Å²) < 4.78 is 11.2. The minimum atomic E-state index is -0.225. The maximum Gasteiger partial charge on any atom is 0.309 e. The summed E-state index contributed by atoms with van der Waals surface area (Å²) in [6.07, 6.45) is 3.63. The number of nitrogens with zero attached hydrogens (tertiary/aromatic N) is 1. The van der Waals surface area contributed by atoms with E-state index in [1.165, 1.54) is 23.4 Å². The molecule has 1 aliphatic heterocycles. The van der Waals surface area contributed by atoms with Crippen LogP contribution in [-0.4, -0.2) is 25.7 Å². The average molecular weight is 480 g/mol. The fourth-order valence-corrected chi connectivity index (χ4v) is 5.21. The molecule has 2 atom stereocenters. The topological polar surface area (TPSA) is 38.8 Å². The van der Waals surface area contributed by atoms with Crippen LogP contribution in [0.1, 0.15) is 43.2 Å². The number of anilines is 2. The van der Waals surface area contributed by atoms with Crippen LogP contribution in [0.25, 0.3) is 10.8 Å². The Hall–Kier alpha value is -3.79. The molecular weight excluding hydrogens is 446 g/mol. The normalized spacial score (nSPS) is 15.7. The highest BCUT2D eigenvalue weighted by molar-refractivity contribution is 5.86. The van der Waals surface area contributed by atoms with Crippen molar-refractivity contribution in [1.82, 2.24) is 0 Å². The molecule has 0 amide bonds. The van der Waals surface area contributed by atoms with Crippen LogP contribution in [0.5, 0.6) is 5.75 Å². The van der Waals surface area contributed by atoms with Crippen LogP contribution in [0.3, 0.4) is 0 Å². The average Bonchev–Trinajstić information content (AvgIpc) is 2.92. The minimum Gasteiger partial charge on any atom is -0.486 e. The zero-order valence-corrected chi connectivity index (χ0v) is 21.0. The predicted octanol–water partition coefficient (Wildman–Crippen LogP) is 7.43. The first-order valence-electron chi connectivity index (χ1n) is 12.8. The molecule has 0 N–H and O–H groups in total. The Morgan fingerprint density at radius 2 is 1.72 bits per heavy atom. The van der Waals surface area contributed by atoms with Crippen molar-refractivity contribution in [3.63, 3.8) is 0 Å². The van der Waals surface area contributed by atoms with Gasteiger partial charge in [-0.25, -0.2) is 0 Å². The molecular formula is C32H33NO3. The summed E-state index contributed by atoms with van der Waals surface area (Å²) in [5.74, 6) is 1.19. The van der Waals surface area contributed by atoms with Crippen LogP contribution < -0.4 is 9.64 Å². The second kappa shape index (κ2) is 10.9. The first-order chi connectivity index (χ1) is 17.6. The molecule has 4 nitrogen and oxygen atoms in total. The lowest BCUT2D eigenvalue weighted by molar-refractivity contribution is -0.139. The van der Waals surface area contributed by atoms with E-state index in [4.69, 9.17) is 9.47 Å². The van der Waals surface area contributed by atoms with Crippen molar-refractivity contribution in [2.75, 3.05) is 18.6 Å². The maximum absolute atomic E-state index is 11.6. The van der Waals surface area contributed by atoms with Gasteiger partial charge in [0.15, 0.2) is 0 Å². The molecule has 36 heavy (non-hydrogen) atoms. The van der Waals surface area contributed by atoms with Gasteiger partial charge in [0, 0.05) is 5.69 Å². The highest BCUT2D eigenvalue weighted by atomic mass is 16.5. The van der Waals surface area contributed by atoms with Gasteiger partial charge < -0.3 is 14.4 Å². The van der Waals surface area contributed by atoms with Gasteiger partial charge in [-0.3, -0.25) is 4.79 Å². The van der Waals surface area contributed by atoms with Gasteiger partial charge in [0.25, 0.3) is 0 Å². The van der Waals surface area contributed by atoms with Crippen molar-refractivity contribution in [3.05, 3.63) is 102 Å². The number of methoxy groups -OCH3 is 1. The van der Waals surface area contributed by atoms with Crippen LogP contribution in [0, 0.1) is 0 Å². The van der Waals surface area contributed by atoms with Crippen molar-refractivity contribution in [2.45, 2.75) is 44.6 Å². The molecule has 0 spiro atoms. The Morgan fingerprint density at radius 1 is 0.972 bits per heavy atom. The summed E-state index contributed by atoms with van der Waals surface area (Å²) in [5, 5.41) is 2.67. The quantitative estimate of drug-likeness (QED) is 0.246. The monoisotopic (exact) mass is 479 g/mol. The van der Waals surface area contributed by atoms with E-state index in [0.29, 0.717) is 5.92 Å². The van der Waals surface area contributed by atoms with Crippen LogP contribution in [0.2, 0.25) is 0 Å². The number of hydrogen-bond donors (Lipinski definition) is 0. The van der Waals surface area contributed by atoms with E-state index in [1.54, 1.807) is 0 Å². The third-order valence-electron chi connectivity index (χ3n) is 7.18. The number of esters is 1. The van der Waals surface area contributed by atoms with Crippen molar-refractivity contribution in [3.8, 4) is 5.75 Å². The molecule has 4 aromatic rings. The lowest BCUT2D eigenvalue weighted by atomic mass is 9.90. The van der Waals surface area contributed by atoms with Crippen molar-refractivity contribution in [2.24, 2.45) is 0 Å². The molecule has 4 aromatic carbocycles. The number of benzene rings is 4. The number of carbonyl (C=O) groups excluding carboxylic acids is 1. The third-order valence-corrected chi connectivity index (χ3v) is 7.18. The largest absolute Gasteiger partial charge is 0.486 e. The molecule has 0 saturated carbocycles. The Labute approximate surface area is 213 Å². The standard InChI is InChI=1S/C32H33NO3/c1-23(28-14-8-11-25-10-3-4-13-29(25)28)9-7-12-27-22-33(30-15-5-6-16-31(30)36-27)26-19-17-24(18-20-26)21-32(34)35-2/h3-6,8,10-11,13-20,23,27H,7,9,12,21-22H2,1-2H3/t23-,27?/m0/s1. The first-order valence-corrected chi connectivity index (χ1v) is 12.8. The fraction of sp³-hybridized carbons (Fsp3) is 0.281. The number of fused-ring (bicyclic) bond motifs is 2. The van der Waals surface area contributed by atoms with Crippen LogP contribution in [0.15, 0.2) is 91.0 Å². The second-order valence-electron chi connectivity index (χ2n) is 9.64. The number of carbonyl (C=O) groups is 1. The Morgan fingerprint density at radius 3 is 2.56 bits per heavy atom. The molecule has 0 bridgehead atoms. The zero-order valence-electron chi connectivity index (χ0n) is 21.0. The van der Waals surface area contributed by atoms with Gasteiger partial charge in [0.1, 0.15) is 11.9 Å². The molecule has 0 saturated heterocycles. The summed E-state index contributed by atoms with van der Waals surface area (Å²) in [6.45, 7) is 3.14. The lowest BCUT2D eigenvalue weighted by Gasteiger charge is -2.36. The molecule has 0 aliphatic carbocycles. The van der Waals surface area contributed by atoms with Gasteiger partial charge >= 0.3 is 5.97 Å². The Balaban J connectivity index is 1.26. The van der Waals surface area contributed by atoms with Gasteiger partial charge in [-0.2, -0.15) is 0 Å². The van der Waals surface area contributed by atoms with Gasteiger partial charge in [0.05, 0.1) is 25.8 Å². The lowest BCUT2D eigenvalue weighted by Crippen LogP contribution is -2.37. The smallest absolute Gasteiger partial charge is 0.309 e. The second-order valence-corrected chi connectivity index (χ2v) is 9.64. The van der Waals surface area contributed by atoms with Crippen LogP contribution in [0.4, 0.5) is 11.4 Å². The molecule has 1 aliphatic rings. The summed E-state index contributed by atoms with van der Waals surface area (Å²) in [5.41, 5.74) is 4.56. The molecule has 1 unspecified atom stereocenters. The number of ether oxygens (including phenoxy) is 2. The van der Waals surface area contributed by atoms with Gasteiger partial charge in [-0.05, 0) is 71.3 Å². The van der Waals surface area contributed by atoms with Crippen LogP contribution >= 0.6 is 0 Å². The van der Waals surface area contributed by atoms with E-state index in [2.05, 4.69) is 78.6 Å². The first kappa shape index (κ1) is 23.9. The third kappa shape index (κ3) is 5.23.